The van der Waals surface area contributed by atoms with Gasteiger partial charge in [0, 0.05) is 28.3 Å². The molecule has 2 aliphatic rings. The average Bonchev–Trinajstić information content (AvgIpc) is 2.96. The zero-order chi connectivity index (χ0) is 22.5. The van der Waals surface area contributed by atoms with E-state index < -0.39 is 0 Å². The zero-order valence-electron chi connectivity index (χ0n) is 17.9. The minimum Gasteiger partial charge on any atom is -0.369 e. The fraction of sp³-hybridized carbons (Fsp3) is 0.333. The van der Waals surface area contributed by atoms with Crippen molar-refractivity contribution in [1.82, 2.24) is 4.90 Å². The molecule has 4 rings (SSSR count). The fourth-order valence-electron chi connectivity index (χ4n) is 4.27. The molecule has 0 aromatic heterocycles. The number of anilines is 1. The summed E-state index contributed by atoms with van der Waals surface area (Å²) in [5.41, 5.74) is 3.97. The van der Waals surface area contributed by atoms with Gasteiger partial charge < -0.3 is 4.90 Å². The SMILES string of the molecule is C[C@@H]1CC(C)(C)N(C)c2cc(Cl)c(/C=C3\SC(=O)N(Cc4ccc(Cl)cc4)C3=O)cc21. The smallest absolute Gasteiger partial charge is 0.293 e. The van der Waals surface area contributed by atoms with Crippen molar-refractivity contribution in [1.29, 1.82) is 0 Å². The summed E-state index contributed by atoms with van der Waals surface area (Å²) in [6.07, 6.45) is 2.76. The van der Waals surface area contributed by atoms with E-state index in [2.05, 4.69) is 38.8 Å². The fourth-order valence-corrected chi connectivity index (χ4v) is 5.43. The number of benzene rings is 2. The number of fused-ring (bicyclic) bond motifs is 1. The lowest BCUT2D eigenvalue weighted by Crippen LogP contribution is -2.45. The topological polar surface area (TPSA) is 40.6 Å². The lowest BCUT2D eigenvalue weighted by molar-refractivity contribution is -0.123. The van der Waals surface area contributed by atoms with Gasteiger partial charge in [-0.1, -0.05) is 42.3 Å². The van der Waals surface area contributed by atoms with Crippen molar-refractivity contribution in [3.8, 4) is 0 Å². The minimum absolute atomic E-state index is 0.0432. The van der Waals surface area contributed by atoms with Gasteiger partial charge in [0.05, 0.1) is 11.4 Å². The molecule has 0 bridgehead atoms. The van der Waals surface area contributed by atoms with Gasteiger partial charge >= 0.3 is 0 Å². The molecule has 2 heterocycles. The molecule has 2 aromatic rings. The standard InChI is InChI=1S/C24H24Cl2N2O2S/c1-14-12-24(2,3)27(4)20-11-19(26)16(9-18(14)20)10-21-22(29)28(23(30)31-21)13-15-5-7-17(25)8-6-15/h5-11,14H,12-13H2,1-4H3/b21-10-/t14-/m1/s1. The van der Waals surface area contributed by atoms with Crippen LogP contribution in [0.15, 0.2) is 41.3 Å². The molecular weight excluding hydrogens is 451 g/mol. The average molecular weight is 475 g/mol. The van der Waals surface area contributed by atoms with E-state index in [-0.39, 0.29) is 23.2 Å². The second kappa shape index (κ2) is 8.19. The van der Waals surface area contributed by atoms with E-state index in [1.807, 2.05) is 18.2 Å². The lowest BCUT2D eigenvalue weighted by atomic mass is 9.80. The Balaban J connectivity index is 1.63. The van der Waals surface area contributed by atoms with Crippen LogP contribution in [0.5, 0.6) is 0 Å². The van der Waals surface area contributed by atoms with Gasteiger partial charge in [-0.15, -0.1) is 0 Å². The quantitative estimate of drug-likeness (QED) is 0.451. The van der Waals surface area contributed by atoms with E-state index >= 15 is 0 Å². The number of hydrogen-bond acceptors (Lipinski definition) is 4. The molecule has 0 aliphatic carbocycles. The summed E-state index contributed by atoms with van der Waals surface area (Å²) in [5.74, 6) is 0.0654. The Morgan fingerprint density at radius 3 is 2.52 bits per heavy atom. The second-order valence-corrected chi connectivity index (χ2v) is 10.6. The molecule has 0 saturated carbocycles. The van der Waals surface area contributed by atoms with Crippen molar-refractivity contribution in [2.24, 2.45) is 0 Å². The summed E-state index contributed by atoms with van der Waals surface area (Å²) >= 11 is 13.5. The molecular formula is C24H24Cl2N2O2S. The van der Waals surface area contributed by atoms with Crippen LogP contribution in [0.1, 0.15) is 49.8 Å². The van der Waals surface area contributed by atoms with Crippen LogP contribution in [0.3, 0.4) is 0 Å². The monoisotopic (exact) mass is 474 g/mol. The molecule has 0 radical (unpaired) electrons. The Hall–Kier alpha value is -1.95. The Labute approximate surface area is 197 Å². The third-order valence-electron chi connectivity index (χ3n) is 6.17. The maximum atomic E-state index is 12.9. The number of carbonyl (C=O) groups excluding carboxylic acids is 2. The zero-order valence-corrected chi connectivity index (χ0v) is 20.2. The van der Waals surface area contributed by atoms with E-state index in [4.69, 9.17) is 23.2 Å². The molecule has 31 heavy (non-hydrogen) atoms. The number of nitrogens with zero attached hydrogens (tertiary/aromatic N) is 2. The summed E-state index contributed by atoms with van der Waals surface area (Å²) in [7, 11) is 2.09. The highest BCUT2D eigenvalue weighted by atomic mass is 35.5. The summed E-state index contributed by atoms with van der Waals surface area (Å²) in [5, 5.41) is 0.901. The molecule has 162 valence electrons. The number of halogens is 2. The van der Waals surface area contributed by atoms with Crippen LogP contribution in [0.25, 0.3) is 6.08 Å². The van der Waals surface area contributed by atoms with Crippen molar-refractivity contribution in [3.63, 3.8) is 0 Å². The van der Waals surface area contributed by atoms with Gasteiger partial charge in [-0.3, -0.25) is 14.5 Å². The van der Waals surface area contributed by atoms with Crippen molar-refractivity contribution < 1.29 is 9.59 Å². The molecule has 4 nitrogen and oxygen atoms in total. The van der Waals surface area contributed by atoms with Gasteiger partial charge in [0.2, 0.25) is 0 Å². The van der Waals surface area contributed by atoms with E-state index in [1.54, 1.807) is 18.2 Å². The van der Waals surface area contributed by atoms with Crippen LogP contribution in [-0.2, 0) is 11.3 Å². The van der Waals surface area contributed by atoms with Gasteiger partial charge in [-0.05, 0) is 85.0 Å². The molecule has 0 N–H and O–H groups in total. The van der Waals surface area contributed by atoms with Crippen LogP contribution in [0.2, 0.25) is 10.0 Å². The lowest BCUT2D eigenvalue weighted by Gasteiger charge is -2.45. The summed E-state index contributed by atoms with van der Waals surface area (Å²) < 4.78 is 0. The molecule has 2 amide bonds. The highest BCUT2D eigenvalue weighted by molar-refractivity contribution is 8.18. The highest BCUT2D eigenvalue weighted by Crippen LogP contribution is 2.45. The second-order valence-electron chi connectivity index (χ2n) is 8.80. The first-order chi connectivity index (χ1) is 14.6. The van der Waals surface area contributed by atoms with E-state index in [9.17, 15) is 9.59 Å². The molecule has 0 unspecified atom stereocenters. The van der Waals surface area contributed by atoms with Gasteiger partial charge in [0.1, 0.15) is 0 Å². The Bertz CT molecular complexity index is 1100. The van der Waals surface area contributed by atoms with Crippen molar-refractivity contribution in [3.05, 3.63) is 68.0 Å². The predicted octanol–water partition coefficient (Wildman–Crippen LogP) is 6.95. The third-order valence-corrected chi connectivity index (χ3v) is 7.65. The Kier molecular flexibility index (Phi) is 5.88. The summed E-state index contributed by atoms with van der Waals surface area (Å²) in [6.45, 7) is 6.88. The predicted molar refractivity (Wildman–Crippen MR) is 130 cm³/mol. The number of carbonyl (C=O) groups is 2. The summed E-state index contributed by atoms with van der Waals surface area (Å²) in [6, 6.07) is 11.2. The Morgan fingerprint density at radius 2 is 1.84 bits per heavy atom. The van der Waals surface area contributed by atoms with Crippen molar-refractivity contribution in [2.75, 3.05) is 11.9 Å². The number of amides is 2. The third kappa shape index (κ3) is 4.23. The molecule has 7 heteroatoms. The van der Waals surface area contributed by atoms with Crippen LogP contribution >= 0.6 is 35.0 Å². The maximum Gasteiger partial charge on any atom is 0.293 e. The molecule has 1 saturated heterocycles. The molecule has 1 fully saturated rings. The maximum absolute atomic E-state index is 12.9. The minimum atomic E-state index is -0.301. The molecule has 1 atom stereocenters. The molecule has 0 spiro atoms. The normalized spacial score (nSPS) is 21.7. The van der Waals surface area contributed by atoms with E-state index in [0.717, 1.165) is 35.0 Å². The van der Waals surface area contributed by atoms with Crippen LogP contribution in [0, 0.1) is 0 Å². The number of thioether (sulfide) groups is 1. The molecule has 2 aromatic carbocycles. The number of imide groups is 1. The first kappa shape index (κ1) is 22.3. The largest absolute Gasteiger partial charge is 0.369 e. The van der Waals surface area contributed by atoms with Crippen LogP contribution in [-0.4, -0.2) is 28.6 Å². The van der Waals surface area contributed by atoms with E-state index in [1.165, 1.54) is 10.5 Å². The van der Waals surface area contributed by atoms with Gasteiger partial charge in [-0.25, -0.2) is 0 Å². The Morgan fingerprint density at radius 1 is 1.16 bits per heavy atom. The number of rotatable bonds is 3. The first-order valence-electron chi connectivity index (χ1n) is 10.1. The van der Waals surface area contributed by atoms with Crippen LogP contribution in [0.4, 0.5) is 10.5 Å². The van der Waals surface area contributed by atoms with Crippen molar-refractivity contribution >= 4 is 57.9 Å². The van der Waals surface area contributed by atoms with Gasteiger partial charge in [-0.2, -0.15) is 0 Å². The van der Waals surface area contributed by atoms with Crippen molar-refractivity contribution in [2.45, 2.75) is 45.2 Å². The van der Waals surface area contributed by atoms with Gasteiger partial charge in [0.25, 0.3) is 11.1 Å². The van der Waals surface area contributed by atoms with E-state index in [0.29, 0.717) is 20.9 Å². The van der Waals surface area contributed by atoms with Crippen LogP contribution < -0.4 is 4.90 Å². The molecule has 2 aliphatic heterocycles. The van der Waals surface area contributed by atoms with Gasteiger partial charge in [0.15, 0.2) is 0 Å². The number of hydrogen-bond donors (Lipinski definition) is 0. The summed E-state index contributed by atoms with van der Waals surface area (Å²) in [4.78, 5) is 29.3. The highest BCUT2D eigenvalue weighted by Gasteiger charge is 2.37. The first-order valence-corrected chi connectivity index (χ1v) is 11.7.